The lowest BCUT2D eigenvalue weighted by molar-refractivity contribution is 1.35. The zero-order valence-electron chi connectivity index (χ0n) is 6.49. The first-order valence-corrected chi connectivity index (χ1v) is 6.31. The second-order valence-corrected chi connectivity index (χ2v) is 7.57. The molecule has 0 unspecified atom stereocenters. The monoisotopic (exact) mass is 138 g/mol. The minimum atomic E-state index is -1.31. The molecule has 0 rings (SSSR count). The summed E-state index contributed by atoms with van der Waals surface area (Å²) in [6.07, 6.45) is 5.33. The molecule has 1 heteroatoms. The highest BCUT2D eigenvalue weighted by Crippen LogP contribution is 2.12. The van der Waals surface area contributed by atoms with E-state index in [0.717, 1.165) is 6.04 Å². The number of terminal acetylenes is 1. The molecule has 0 heterocycles. The van der Waals surface area contributed by atoms with Gasteiger partial charge in [-0.25, -0.2) is 0 Å². The van der Waals surface area contributed by atoms with Crippen LogP contribution >= 0.6 is 0 Å². The van der Waals surface area contributed by atoms with Crippen LogP contribution in [0.5, 0.6) is 0 Å². The van der Waals surface area contributed by atoms with E-state index in [1.54, 1.807) is 0 Å². The van der Waals surface area contributed by atoms with Crippen molar-refractivity contribution in [3.05, 3.63) is 12.2 Å². The molecular weight excluding hydrogens is 124 g/mol. The van der Waals surface area contributed by atoms with E-state index in [1.165, 1.54) is 5.57 Å². The Labute approximate surface area is 59.0 Å². The fraction of sp³-hybridized carbons (Fsp3) is 0.500. The fourth-order valence-electron chi connectivity index (χ4n) is 0.805. The molecule has 0 aliphatic heterocycles. The average molecular weight is 138 g/mol. The molecule has 0 nitrogen and oxygen atoms in total. The number of allylic oxidation sites excluding steroid dienone is 1. The highest BCUT2D eigenvalue weighted by Gasteiger charge is 2.16. The maximum atomic E-state index is 5.33. The highest BCUT2D eigenvalue weighted by atomic mass is 28.3. The largest absolute Gasteiger partial charge is 0.135 e. The van der Waals surface area contributed by atoms with Gasteiger partial charge >= 0.3 is 0 Å². The number of hydrogen-bond donors (Lipinski definition) is 0. The van der Waals surface area contributed by atoms with E-state index >= 15 is 0 Å². The third kappa shape index (κ3) is 4.05. The molecule has 0 aliphatic rings. The molecule has 0 spiro atoms. The maximum Gasteiger partial charge on any atom is 0.135 e. The molecule has 0 aromatic carbocycles. The Hall–Kier alpha value is -0.483. The van der Waals surface area contributed by atoms with Crippen molar-refractivity contribution < 1.29 is 0 Å². The van der Waals surface area contributed by atoms with Gasteiger partial charge in [-0.2, -0.15) is 0 Å². The molecule has 0 aromatic rings. The standard InChI is InChI=1S/C8H14Si/c1-6-9(4,5)7-8(2)3/h1H,2,7H2,3-5H3. The Morgan fingerprint density at radius 3 is 2.22 bits per heavy atom. The molecule has 0 N–H and O–H groups in total. The second kappa shape index (κ2) is 2.89. The predicted octanol–water partition coefficient (Wildman–Crippen LogP) is 2.44. The van der Waals surface area contributed by atoms with Gasteiger partial charge in [0.25, 0.3) is 0 Å². The second-order valence-electron chi connectivity index (χ2n) is 3.16. The van der Waals surface area contributed by atoms with Gasteiger partial charge in [0.15, 0.2) is 0 Å². The van der Waals surface area contributed by atoms with Gasteiger partial charge in [-0.1, -0.05) is 18.7 Å². The van der Waals surface area contributed by atoms with Gasteiger partial charge in [-0.15, -0.1) is 18.5 Å². The van der Waals surface area contributed by atoms with Crippen LogP contribution in [-0.2, 0) is 0 Å². The van der Waals surface area contributed by atoms with Gasteiger partial charge in [-0.3, -0.25) is 0 Å². The van der Waals surface area contributed by atoms with Gasteiger partial charge in [-0.05, 0) is 13.0 Å². The highest BCUT2D eigenvalue weighted by molar-refractivity contribution is 6.85. The van der Waals surface area contributed by atoms with Crippen LogP contribution in [0.4, 0.5) is 0 Å². The Morgan fingerprint density at radius 1 is 1.67 bits per heavy atom. The van der Waals surface area contributed by atoms with Gasteiger partial charge < -0.3 is 0 Å². The van der Waals surface area contributed by atoms with E-state index in [0.29, 0.717) is 0 Å². The molecule has 0 radical (unpaired) electrons. The zero-order chi connectivity index (χ0) is 7.49. The summed E-state index contributed by atoms with van der Waals surface area (Å²) >= 11 is 0. The van der Waals surface area contributed by atoms with Gasteiger partial charge in [0.05, 0.1) is 0 Å². The van der Waals surface area contributed by atoms with Crippen LogP contribution in [0.2, 0.25) is 19.1 Å². The smallest absolute Gasteiger partial charge is 0.135 e. The van der Waals surface area contributed by atoms with E-state index in [9.17, 15) is 0 Å². The topological polar surface area (TPSA) is 0 Å². The molecule has 0 atom stereocenters. The van der Waals surface area contributed by atoms with Crippen molar-refractivity contribution in [2.75, 3.05) is 0 Å². The molecule has 50 valence electrons. The minimum absolute atomic E-state index is 1.06. The lowest BCUT2D eigenvalue weighted by Gasteiger charge is -2.12. The lowest BCUT2D eigenvalue weighted by atomic mass is 10.4. The molecule has 0 saturated carbocycles. The van der Waals surface area contributed by atoms with Crippen molar-refractivity contribution in [3.63, 3.8) is 0 Å². The maximum absolute atomic E-state index is 5.33. The SMILES string of the molecule is C#C[Si](C)(C)CC(=C)C. The molecule has 0 amide bonds. The number of hydrogen-bond acceptors (Lipinski definition) is 0. The number of rotatable bonds is 2. The summed E-state index contributed by atoms with van der Waals surface area (Å²) in [5.41, 5.74) is 4.06. The lowest BCUT2D eigenvalue weighted by Crippen LogP contribution is -2.22. The summed E-state index contributed by atoms with van der Waals surface area (Å²) in [6, 6.07) is 1.06. The van der Waals surface area contributed by atoms with Gasteiger partial charge in [0.2, 0.25) is 0 Å². The van der Waals surface area contributed by atoms with Crippen LogP contribution in [0.15, 0.2) is 12.2 Å². The van der Waals surface area contributed by atoms with Crippen molar-refractivity contribution in [3.8, 4) is 12.0 Å². The first-order chi connectivity index (χ1) is 3.98. The molecule has 0 bridgehead atoms. The molecular formula is C8H14Si. The zero-order valence-corrected chi connectivity index (χ0v) is 7.49. The van der Waals surface area contributed by atoms with Crippen LogP contribution in [0.1, 0.15) is 6.92 Å². The summed E-state index contributed by atoms with van der Waals surface area (Å²) in [6.45, 7) is 10.2. The summed E-state index contributed by atoms with van der Waals surface area (Å²) in [5, 5.41) is 0. The molecule has 0 fully saturated rings. The van der Waals surface area contributed by atoms with E-state index < -0.39 is 8.07 Å². The van der Waals surface area contributed by atoms with Crippen molar-refractivity contribution in [2.45, 2.75) is 26.1 Å². The molecule has 0 aliphatic carbocycles. The third-order valence-corrected chi connectivity index (χ3v) is 3.40. The molecule has 0 aromatic heterocycles. The Kier molecular flexibility index (Phi) is 2.73. The first-order valence-electron chi connectivity index (χ1n) is 3.10. The predicted molar refractivity (Wildman–Crippen MR) is 45.9 cm³/mol. The van der Waals surface area contributed by atoms with Crippen LogP contribution in [0.3, 0.4) is 0 Å². The average Bonchev–Trinajstić information content (AvgIpc) is 1.63. The van der Waals surface area contributed by atoms with Crippen molar-refractivity contribution >= 4 is 8.07 Å². The van der Waals surface area contributed by atoms with Crippen LogP contribution in [0, 0.1) is 12.0 Å². The summed E-state index contributed by atoms with van der Waals surface area (Å²) in [5.74, 6) is 0. The third-order valence-electron chi connectivity index (χ3n) is 1.13. The van der Waals surface area contributed by atoms with Gasteiger partial charge in [0, 0.05) is 0 Å². The molecule has 9 heavy (non-hydrogen) atoms. The first kappa shape index (κ1) is 8.52. The Balaban J connectivity index is 3.91. The quantitative estimate of drug-likeness (QED) is 0.312. The summed E-state index contributed by atoms with van der Waals surface area (Å²) < 4.78 is 0. The van der Waals surface area contributed by atoms with Gasteiger partial charge in [0.1, 0.15) is 8.07 Å². The van der Waals surface area contributed by atoms with E-state index in [4.69, 9.17) is 6.42 Å². The van der Waals surface area contributed by atoms with E-state index in [1.807, 2.05) is 6.92 Å². The minimum Gasteiger partial charge on any atom is -0.135 e. The van der Waals surface area contributed by atoms with Crippen molar-refractivity contribution in [2.24, 2.45) is 0 Å². The van der Waals surface area contributed by atoms with Crippen LogP contribution in [-0.4, -0.2) is 8.07 Å². The fourth-order valence-corrected chi connectivity index (χ4v) is 2.42. The van der Waals surface area contributed by atoms with E-state index in [-0.39, 0.29) is 0 Å². The molecule has 0 saturated heterocycles. The Bertz CT molecular complexity index is 148. The van der Waals surface area contributed by atoms with Crippen LogP contribution in [0.25, 0.3) is 0 Å². The van der Waals surface area contributed by atoms with Crippen molar-refractivity contribution in [1.82, 2.24) is 0 Å². The van der Waals surface area contributed by atoms with Crippen molar-refractivity contribution in [1.29, 1.82) is 0 Å². The summed E-state index contributed by atoms with van der Waals surface area (Å²) in [7, 11) is -1.31. The van der Waals surface area contributed by atoms with E-state index in [2.05, 4.69) is 25.2 Å². The summed E-state index contributed by atoms with van der Waals surface area (Å²) in [4.78, 5) is 0. The Morgan fingerprint density at radius 2 is 2.11 bits per heavy atom. The normalized spacial score (nSPS) is 10.4. The van der Waals surface area contributed by atoms with Crippen LogP contribution < -0.4 is 0 Å².